The Balaban J connectivity index is 2.46. The third kappa shape index (κ3) is 1.94. The summed E-state index contributed by atoms with van der Waals surface area (Å²) in [4.78, 5) is 12.6. The lowest BCUT2D eigenvalue weighted by molar-refractivity contribution is 0.104. The number of carbonyl (C=O) groups excluding carboxylic acids is 1. The van der Waals surface area contributed by atoms with E-state index in [0.717, 1.165) is 28.2 Å². The van der Waals surface area contributed by atoms with E-state index in [4.69, 9.17) is 0 Å². The van der Waals surface area contributed by atoms with Gasteiger partial charge in [0.15, 0.2) is 0 Å². The van der Waals surface area contributed by atoms with Crippen molar-refractivity contribution in [2.45, 2.75) is 13.8 Å². The Morgan fingerprint density at radius 1 is 1.33 bits per heavy atom. The normalized spacial score (nSPS) is 10.3. The molecule has 0 N–H and O–H groups in total. The number of hydrogen-bond donors (Lipinski definition) is 0. The van der Waals surface area contributed by atoms with Crippen LogP contribution < -0.4 is 0 Å². The number of rotatable bonds is 2. The van der Waals surface area contributed by atoms with Crippen LogP contribution in [0.15, 0.2) is 24.4 Å². The summed E-state index contributed by atoms with van der Waals surface area (Å²) in [5, 5.41) is 3.67. The zero-order valence-corrected chi connectivity index (χ0v) is 9.34. The van der Waals surface area contributed by atoms with E-state index in [2.05, 4.69) is 9.59 Å². The van der Waals surface area contributed by atoms with Gasteiger partial charge in [-0.3, -0.25) is 4.79 Å². The van der Waals surface area contributed by atoms with E-state index >= 15 is 0 Å². The molecule has 1 aromatic heterocycles. The predicted octanol–water partition coefficient (Wildman–Crippen LogP) is 2.39. The molecule has 0 aliphatic carbocycles. The van der Waals surface area contributed by atoms with E-state index < -0.39 is 0 Å². The number of hydrogen-bond acceptors (Lipinski definition) is 4. The maximum Gasteiger partial charge on any atom is 0.206 e. The Morgan fingerprint density at radius 3 is 2.80 bits per heavy atom. The van der Waals surface area contributed by atoms with Crippen LogP contribution in [0.1, 0.15) is 26.4 Å². The molecule has 0 amide bonds. The van der Waals surface area contributed by atoms with E-state index in [9.17, 15) is 4.79 Å². The van der Waals surface area contributed by atoms with Gasteiger partial charge >= 0.3 is 0 Å². The fourth-order valence-electron chi connectivity index (χ4n) is 1.38. The van der Waals surface area contributed by atoms with Gasteiger partial charge in [-0.05, 0) is 37.0 Å². The molecule has 3 nitrogen and oxygen atoms in total. The Labute approximate surface area is 91.9 Å². The Morgan fingerprint density at radius 2 is 2.13 bits per heavy atom. The number of aryl methyl sites for hydroxylation is 2. The SMILES string of the molecule is Cc1ccc(C)c(C(=O)c2cnns2)c1. The third-order valence-corrected chi connectivity index (χ3v) is 2.89. The average Bonchev–Trinajstić information content (AvgIpc) is 2.74. The monoisotopic (exact) mass is 218 g/mol. The quantitative estimate of drug-likeness (QED) is 0.727. The second kappa shape index (κ2) is 3.90. The summed E-state index contributed by atoms with van der Waals surface area (Å²) in [5.74, 6) is 0.00574. The van der Waals surface area contributed by atoms with Crippen LogP contribution >= 0.6 is 11.5 Å². The number of aromatic nitrogens is 2. The second-order valence-corrected chi connectivity index (χ2v) is 4.21. The van der Waals surface area contributed by atoms with Crippen LogP contribution in [0.25, 0.3) is 0 Å². The van der Waals surface area contributed by atoms with Gasteiger partial charge in [0.25, 0.3) is 0 Å². The van der Waals surface area contributed by atoms with Crippen molar-refractivity contribution >= 4 is 17.3 Å². The molecule has 0 fully saturated rings. The molecular formula is C11H10N2OS. The van der Waals surface area contributed by atoms with Crippen molar-refractivity contribution in [2.24, 2.45) is 0 Å². The van der Waals surface area contributed by atoms with Crippen LogP contribution in [-0.2, 0) is 0 Å². The van der Waals surface area contributed by atoms with Gasteiger partial charge in [-0.25, -0.2) is 0 Å². The highest BCUT2D eigenvalue weighted by Crippen LogP contribution is 2.16. The van der Waals surface area contributed by atoms with Crippen LogP contribution in [0.2, 0.25) is 0 Å². The van der Waals surface area contributed by atoms with Crippen LogP contribution in [0.4, 0.5) is 0 Å². The number of nitrogens with zero attached hydrogens (tertiary/aromatic N) is 2. The molecule has 0 aliphatic heterocycles. The molecule has 2 aromatic rings. The zero-order valence-electron chi connectivity index (χ0n) is 8.52. The third-order valence-electron chi connectivity index (χ3n) is 2.22. The van der Waals surface area contributed by atoms with Crippen LogP contribution in [0, 0.1) is 13.8 Å². The van der Waals surface area contributed by atoms with Gasteiger partial charge in [-0.2, -0.15) is 0 Å². The molecule has 0 unspecified atom stereocenters. The van der Waals surface area contributed by atoms with Gasteiger partial charge in [-0.15, -0.1) is 5.10 Å². The van der Waals surface area contributed by atoms with Crippen molar-refractivity contribution in [1.29, 1.82) is 0 Å². The Bertz CT molecular complexity index is 491. The predicted molar refractivity (Wildman–Crippen MR) is 59.3 cm³/mol. The number of ketones is 1. The Kier molecular flexibility index (Phi) is 2.60. The topological polar surface area (TPSA) is 42.9 Å². The lowest BCUT2D eigenvalue weighted by atomic mass is 10.0. The first-order chi connectivity index (χ1) is 7.18. The van der Waals surface area contributed by atoms with Gasteiger partial charge in [-0.1, -0.05) is 22.2 Å². The molecule has 0 aliphatic rings. The van der Waals surface area contributed by atoms with Crippen molar-refractivity contribution in [2.75, 3.05) is 0 Å². The minimum atomic E-state index is 0.00574. The van der Waals surface area contributed by atoms with E-state index in [1.807, 2.05) is 32.0 Å². The first kappa shape index (κ1) is 9.98. The number of benzene rings is 1. The van der Waals surface area contributed by atoms with Crippen LogP contribution in [0.3, 0.4) is 0 Å². The van der Waals surface area contributed by atoms with Gasteiger partial charge in [0, 0.05) is 5.56 Å². The van der Waals surface area contributed by atoms with Crippen LogP contribution in [0.5, 0.6) is 0 Å². The highest BCUT2D eigenvalue weighted by Gasteiger charge is 2.13. The van der Waals surface area contributed by atoms with E-state index in [-0.39, 0.29) is 5.78 Å². The maximum absolute atomic E-state index is 12.0. The molecule has 1 heterocycles. The van der Waals surface area contributed by atoms with Crippen molar-refractivity contribution in [1.82, 2.24) is 9.59 Å². The van der Waals surface area contributed by atoms with E-state index in [1.165, 1.54) is 6.20 Å². The molecule has 0 bridgehead atoms. The molecular weight excluding hydrogens is 208 g/mol. The summed E-state index contributed by atoms with van der Waals surface area (Å²) in [6.07, 6.45) is 1.51. The lowest BCUT2D eigenvalue weighted by Crippen LogP contribution is -2.01. The fourth-order valence-corrected chi connectivity index (χ4v) is 1.85. The van der Waals surface area contributed by atoms with Gasteiger partial charge in [0.1, 0.15) is 4.88 Å². The Hall–Kier alpha value is -1.55. The molecule has 15 heavy (non-hydrogen) atoms. The summed E-state index contributed by atoms with van der Waals surface area (Å²) >= 11 is 1.13. The van der Waals surface area contributed by atoms with Crippen molar-refractivity contribution in [3.63, 3.8) is 0 Å². The van der Waals surface area contributed by atoms with Crippen molar-refractivity contribution in [3.8, 4) is 0 Å². The summed E-state index contributed by atoms with van der Waals surface area (Å²) in [7, 11) is 0. The summed E-state index contributed by atoms with van der Waals surface area (Å²) in [6, 6.07) is 5.85. The minimum Gasteiger partial charge on any atom is -0.288 e. The van der Waals surface area contributed by atoms with Crippen LogP contribution in [-0.4, -0.2) is 15.4 Å². The summed E-state index contributed by atoms with van der Waals surface area (Å²) < 4.78 is 3.69. The smallest absolute Gasteiger partial charge is 0.206 e. The van der Waals surface area contributed by atoms with E-state index in [1.54, 1.807) is 0 Å². The number of carbonyl (C=O) groups is 1. The molecule has 0 saturated carbocycles. The fraction of sp³-hybridized carbons (Fsp3) is 0.182. The highest BCUT2D eigenvalue weighted by molar-refractivity contribution is 7.08. The highest BCUT2D eigenvalue weighted by atomic mass is 32.1. The minimum absolute atomic E-state index is 0.00574. The molecule has 0 spiro atoms. The average molecular weight is 218 g/mol. The van der Waals surface area contributed by atoms with Crippen molar-refractivity contribution < 1.29 is 4.79 Å². The second-order valence-electron chi connectivity index (χ2n) is 3.43. The summed E-state index contributed by atoms with van der Waals surface area (Å²) in [5.41, 5.74) is 2.81. The molecule has 0 atom stereocenters. The molecule has 4 heteroatoms. The largest absolute Gasteiger partial charge is 0.288 e. The standard InChI is InChI=1S/C11H10N2OS/c1-7-3-4-8(2)9(5-7)11(14)10-6-12-13-15-10/h3-6H,1-2H3. The molecule has 1 aromatic carbocycles. The molecule has 2 rings (SSSR count). The van der Waals surface area contributed by atoms with Crippen molar-refractivity contribution in [3.05, 3.63) is 46.0 Å². The maximum atomic E-state index is 12.0. The molecule has 76 valence electrons. The zero-order chi connectivity index (χ0) is 10.8. The first-order valence-corrected chi connectivity index (χ1v) is 5.35. The van der Waals surface area contributed by atoms with Gasteiger partial charge < -0.3 is 0 Å². The molecule has 0 saturated heterocycles. The first-order valence-electron chi connectivity index (χ1n) is 4.58. The summed E-state index contributed by atoms with van der Waals surface area (Å²) in [6.45, 7) is 3.91. The lowest BCUT2D eigenvalue weighted by Gasteiger charge is -2.03. The van der Waals surface area contributed by atoms with Gasteiger partial charge in [0.2, 0.25) is 5.78 Å². The van der Waals surface area contributed by atoms with E-state index in [0.29, 0.717) is 4.88 Å². The molecule has 0 radical (unpaired) electrons. The van der Waals surface area contributed by atoms with Gasteiger partial charge in [0.05, 0.1) is 6.20 Å².